The van der Waals surface area contributed by atoms with Crippen molar-refractivity contribution in [2.24, 2.45) is 5.73 Å². The van der Waals surface area contributed by atoms with E-state index in [1.54, 1.807) is 13.1 Å². The fourth-order valence-electron chi connectivity index (χ4n) is 1.33. The minimum atomic E-state index is -0.125. The van der Waals surface area contributed by atoms with Gasteiger partial charge >= 0.3 is 0 Å². The highest BCUT2D eigenvalue weighted by Gasteiger charge is 2.10. The molecule has 15 heavy (non-hydrogen) atoms. The van der Waals surface area contributed by atoms with Crippen LogP contribution in [0.2, 0.25) is 0 Å². The molecule has 0 saturated heterocycles. The predicted octanol–water partition coefficient (Wildman–Crippen LogP) is -0.364. The maximum atomic E-state index is 9.76. The van der Waals surface area contributed by atoms with Crippen LogP contribution in [0.25, 0.3) is 0 Å². The van der Waals surface area contributed by atoms with Crippen LogP contribution in [0.15, 0.2) is 6.20 Å². The molecular formula is C10H17N3O2. The summed E-state index contributed by atoms with van der Waals surface area (Å²) in [7, 11) is 0. The lowest BCUT2D eigenvalue weighted by molar-refractivity contribution is 0.278. The van der Waals surface area contributed by atoms with Crippen LogP contribution in [0.3, 0.4) is 0 Å². The zero-order chi connectivity index (χ0) is 11.3. The summed E-state index contributed by atoms with van der Waals surface area (Å²) in [5.41, 5.74) is 7.25. The fraction of sp³-hybridized carbons (Fsp3) is 0.500. The summed E-state index contributed by atoms with van der Waals surface area (Å²) >= 11 is 0. The molecule has 5 heteroatoms. The van der Waals surface area contributed by atoms with E-state index in [0.717, 1.165) is 0 Å². The summed E-state index contributed by atoms with van der Waals surface area (Å²) in [6.45, 7) is 3.30. The van der Waals surface area contributed by atoms with Crippen LogP contribution >= 0.6 is 0 Å². The number of pyridine rings is 1. The molecule has 1 aromatic rings. The summed E-state index contributed by atoms with van der Waals surface area (Å²) in [5.74, 6) is 0.145. The number of rotatable bonds is 5. The van der Waals surface area contributed by atoms with E-state index in [2.05, 4.69) is 10.3 Å². The molecule has 1 heterocycles. The van der Waals surface area contributed by atoms with Gasteiger partial charge in [-0.3, -0.25) is 4.98 Å². The molecule has 0 bridgehead atoms. The number of aliphatic hydroxyl groups excluding tert-OH is 1. The van der Waals surface area contributed by atoms with Gasteiger partial charge in [0, 0.05) is 37.0 Å². The molecule has 0 spiro atoms. The van der Waals surface area contributed by atoms with E-state index in [0.29, 0.717) is 36.5 Å². The molecule has 0 amide bonds. The van der Waals surface area contributed by atoms with E-state index in [-0.39, 0.29) is 12.4 Å². The highest BCUT2D eigenvalue weighted by atomic mass is 16.3. The molecule has 84 valence electrons. The van der Waals surface area contributed by atoms with Crippen LogP contribution < -0.4 is 11.1 Å². The Morgan fingerprint density at radius 3 is 2.87 bits per heavy atom. The van der Waals surface area contributed by atoms with Crippen molar-refractivity contribution in [1.82, 2.24) is 10.3 Å². The Kier molecular flexibility index (Phi) is 4.48. The third-order valence-corrected chi connectivity index (χ3v) is 2.22. The normalized spacial score (nSPS) is 10.6. The van der Waals surface area contributed by atoms with E-state index >= 15 is 0 Å². The lowest BCUT2D eigenvalue weighted by Crippen LogP contribution is -2.22. The summed E-state index contributed by atoms with van der Waals surface area (Å²) in [6.07, 6.45) is 1.58. The number of nitrogens with zero attached hydrogens (tertiary/aromatic N) is 1. The van der Waals surface area contributed by atoms with Gasteiger partial charge in [0.05, 0.1) is 12.3 Å². The van der Waals surface area contributed by atoms with Crippen LogP contribution in [0, 0.1) is 6.92 Å². The molecule has 0 aliphatic carbocycles. The van der Waals surface area contributed by atoms with Gasteiger partial charge in [-0.15, -0.1) is 0 Å². The highest BCUT2D eigenvalue weighted by molar-refractivity contribution is 5.40. The van der Waals surface area contributed by atoms with Crippen molar-refractivity contribution in [1.29, 1.82) is 0 Å². The van der Waals surface area contributed by atoms with Crippen LogP contribution in [0.5, 0.6) is 5.75 Å². The molecule has 0 aromatic carbocycles. The van der Waals surface area contributed by atoms with Gasteiger partial charge in [-0.2, -0.15) is 0 Å². The molecule has 5 N–H and O–H groups in total. The molecule has 5 nitrogen and oxygen atoms in total. The maximum absolute atomic E-state index is 9.76. The smallest absolute Gasteiger partial charge is 0.141 e. The van der Waals surface area contributed by atoms with Crippen LogP contribution in [0.4, 0.5) is 0 Å². The number of aliphatic hydroxyl groups is 1. The summed E-state index contributed by atoms with van der Waals surface area (Å²) in [6, 6.07) is 0. The van der Waals surface area contributed by atoms with Crippen molar-refractivity contribution < 1.29 is 10.2 Å². The number of aromatic nitrogens is 1. The highest BCUT2D eigenvalue weighted by Crippen LogP contribution is 2.23. The van der Waals surface area contributed by atoms with Crippen molar-refractivity contribution in [3.05, 3.63) is 23.0 Å². The van der Waals surface area contributed by atoms with Crippen molar-refractivity contribution in [2.45, 2.75) is 20.1 Å². The van der Waals surface area contributed by atoms with Crippen molar-refractivity contribution in [3.8, 4) is 5.75 Å². The van der Waals surface area contributed by atoms with Gasteiger partial charge in [0.25, 0.3) is 0 Å². The first-order valence-electron chi connectivity index (χ1n) is 4.88. The lowest BCUT2D eigenvalue weighted by atomic mass is 10.1. The Bertz CT molecular complexity index is 329. The van der Waals surface area contributed by atoms with Crippen LogP contribution in [-0.2, 0) is 13.2 Å². The van der Waals surface area contributed by atoms with Crippen molar-refractivity contribution in [2.75, 3.05) is 13.1 Å². The summed E-state index contributed by atoms with van der Waals surface area (Å²) in [4.78, 5) is 3.98. The molecule has 1 rings (SSSR count). The maximum Gasteiger partial charge on any atom is 0.141 e. The molecule has 0 fully saturated rings. The zero-order valence-electron chi connectivity index (χ0n) is 8.82. The van der Waals surface area contributed by atoms with Crippen LogP contribution in [-0.4, -0.2) is 28.3 Å². The average Bonchev–Trinajstić information content (AvgIpc) is 2.25. The van der Waals surface area contributed by atoms with Gasteiger partial charge in [0.15, 0.2) is 0 Å². The second-order valence-electron chi connectivity index (χ2n) is 3.32. The summed E-state index contributed by atoms with van der Waals surface area (Å²) < 4.78 is 0. The van der Waals surface area contributed by atoms with E-state index in [1.165, 1.54) is 0 Å². The second-order valence-corrected chi connectivity index (χ2v) is 3.32. The molecule has 0 saturated carbocycles. The molecule has 0 atom stereocenters. The van der Waals surface area contributed by atoms with Gasteiger partial charge in [-0.05, 0) is 6.92 Å². The van der Waals surface area contributed by atoms with Gasteiger partial charge in [0.1, 0.15) is 5.75 Å². The first-order valence-corrected chi connectivity index (χ1v) is 4.88. The van der Waals surface area contributed by atoms with Gasteiger partial charge in [-0.25, -0.2) is 0 Å². The Balaban J connectivity index is 2.86. The van der Waals surface area contributed by atoms with E-state index in [9.17, 15) is 5.11 Å². The van der Waals surface area contributed by atoms with Crippen molar-refractivity contribution >= 4 is 0 Å². The van der Waals surface area contributed by atoms with E-state index in [1.807, 2.05) is 0 Å². The Hall–Kier alpha value is -1.17. The Morgan fingerprint density at radius 1 is 1.53 bits per heavy atom. The zero-order valence-corrected chi connectivity index (χ0v) is 8.82. The Labute approximate surface area is 89.0 Å². The molecule has 0 aliphatic heterocycles. The SMILES string of the molecule is Cc1ncc(CO)c(CNCCN)c1O. The predicted molar refractivity (Wildman–Crippen MR) is 57.3 cm³/mol. The first kappa shape index (κ1) is 11.9. The average molecular weight is 211 g/mol. The number of aryl methyl sites for hydroxylation is 1. The van der Waals surface area contributed by atoms with Crippen molar-refractivity contribution in [3.63, 3.8) is 0 Å². The third-order valence-electron chi connectivity index (χ3n) is 2.22. The monoisotopic (exact) mass is 211 g/mol. The third kappa shape index (κ3) is 2.89. The number of aromatic hydroxyl groups is 1. The summed E-state index contributed by atoms with van der Waals surface area (Å²) in [5, 5.41) is 21.9. The van der Waals surface area contributed by atoms with E-state index in [4.69, 9.17) is 10.8 Å². The minimum Gasteiger partial charge on any atom is -0.506 e. The number of hydrogen-bond acceptors (Lipinski definition) is 5. The standard InChI is InChI=1S/C10H17N3O2/c1-7-10(15)9(5-12-3-2-11)8(6-14)4-13-7/h4,12,14-15H,2-3,5-6,11H2,1H3. The molecule has 0 radical (unpaired) electrons. The first-order chi connectivity index (χ1) is 7.20. The number of nitrogens with one attached hydrogen (secondary N) is 1. The fourth-order valence-corrected chi connectivity index (χ4v) is 1.33. The molecule has 1 aromatic heterocycles. The largest absolute Gasteiger partial charge is 0.506 e. The quantitative estimate of drug-likeness (QED) is 0.499. The van der Waals surface area contributed by atoms with Crippen LogP contribution in [0.1, 0.15) is 16.8 Å². The minimum absolute atomic E-state index is 0.125. The van der Waals surface area contributed by atoms with E-state index < -0.39 is 0 Å². The lowest BCUT2D eigenvalue weighted by Gasteiger charge is -2.11. The number of nitrogens with two attached hydrogens (primary N) is 1. The van der Waals surface area contributed by atoms with Gasteiger partial charge < -0.3 is 21.3 Å². The molecular weight excluding hydrogens is 194 g/mol. The Morgan fingerprint density at radius 2 is 2.27 bits per heavy atom. The van der Waals surface area contributed by atoms with Gasteiger partial charge in [0.2, 0.25) is 0 Å². The second kappa shape index (κ2) is 5.65. The van der Waals surface area contributed by atoms with Gasteiger partial charge in [-0.1, -0.05) is 0 Å². The molecule has 0 unspecified atom stereocenters. The number of hydrogen-bond donors (Lipinski definition) is 4. The molecule has 0 aliphatic rings. The topological polar surface area (TPSA) is 91.4 Å².